The molecule has 1 aromatic heterocycles. The molecule has 1 fully saturated rings. The van der Waals surface area contributed by atoms with Crippen LogP contribution in [0.4, 0.5) is 0 Å². The Morgan fingerprint density at radius 3 is 2.40 bits per heavy atom. The molecule has 1 amide bonds. The van der Waals surface area contributed by atoms with E-state index in [1.165, 1.54) is 5.56 Å². The van der Waals surface area contributed by atoms with E-state index in [1.54, 1.807) is 11.0 Å². The molecule has 4 heteroatoms. The van der Waals surface area contributed by atoms with E-state index in [2.05, 4.69) is 19.1 Å². The minimum Gasteiger partial charge on any atom is -0.451 e. The lowest BCUT2D eigenvalue weighted by Crippen LogP contribution is -2.39. The fraction of sp³-hybridized carbons (Fsp3) is 0.476. The van der Waals surface area contributed by atoms with Crippen molar-refractivity contribution in [1.82, 2.24) is 4.90 Å². The maximum atomic E-state index is 12.7. The van der Waals surface area contributed by atoms with Gasteiger partial charge < -0.3 is 14.4 Å². The zero-order valence-electron chi connectivity index (χ0n) is 15.1. The quantitative estimate of drug-likeness (QED) is 0.889. The Hall–Kier alpha value is -2.07. The number of rotatable bonds is 5. The van der Waals surface area contributed by atoms with Gasteiger partial charge in [0, 0.05) is 25.3 Å². The molecular weight excluding hydrogens is 314 g/mol. The van der Waals surface area contributed by atoms with Gasteiger partial charge in [-0.2, -0.15) is 0 Å². The number of hydrogen-bond donors (Lipinski definition) is 1. The molecule has 1 heterocycles. The molecule has 1 saturated carbocycles. The Labute approximate surface area is 149 Å². The van der Waals surface area contributed by atoms with Crippen LogP contribution >= 0.6 is 0 Å². The molecule has 3 rings (SSSR count). The number of aliphatic hydroxyl groups is 1. The number of hydrogen-bond acceptors (Lipinski definition) is 3. The van der Waals surface area contributed by atoms with Crippen LogP contribution in [0.15, 0.2) is 40.8 Å². The van der Waals surface area contributed by atoms with Gasteiger partial charge in [0.2, 0.25) is 0 Å². The monoisotopic (exact) mass is 341 g/mol. The summed E-state index contributed by atoms with van der Waals surface area (Å²) in [4.78, 5) is 14.5. The van der Waals surface area contributed by atoms with E-state index < -0.39 is 0 Å². The Bertz CT molecular complexity index is 696. The Morgan fingerprint density at radius 2 is 1.80 bits per heavy atom. The van der Waals surface area contributed by atoms with Crippen LogP contribution in [0.1, 0.15) is 48.7 Å². The standard InChI is InChI=1S/C21H27NO3/c1-3-15-4-8-17(9-5-15)19-12-13-20(25-19)21(24)22(2)18-10-6-16(14-23)7-11-18/h4-5,8-9,12-13,16,18,23H,3,6-7,10-11,14H2,1-2H3. The van der Waals surface area contributed by atoms with Crippen molar-refractivity contribution >= 4 is 5.91 Å². The topological polar surface area (TPSA) is 53.7 Å². The second kappa shape index (κ2) is 7.87. The molecule has 25 heavy (non-hydrogen) atoms. The fourth-order valence-corrected chi connectivity index (χ4v) is 3.57. The third kappa shape index (κ3) is 3.96. The molecule has 134 valence electrons. The lowest BCUT2D eigenvalue weighted by Gasteiger charge is -2.33. The van der Waals surface area contributed by atoms with Gasteiger partial charge in [0.15, 0.2) is 5.76 Å². The van der Waals surface area contributed by atoms with Crippen molar-refractivity contribution in [2.45, 2.75) is 45.1 Å². The van der Waals surface area contributed by atoms with Gasteiger partial charge in [0.05, 0.1) is 0 Å². The molecule has 2 aromatic rings. The molecular formula is C21H27NO3. The molecule has 4 nitrogen and oxygen atoms in total. The molecule has 0 spiro atoms. The third-order valence-electron chi connectivity index (χ3n) is 5.41. The molecule has 0 bridgehead atoms. The molecule has 0 aliphatic heterocycles. The van der Waals surface area contributed by atoms with Crippen LogP contribution in [-0.2, 0) is 6.42 Å². The van der Waals surface area contributed by atoms with Gasteiger partial charge in [-0.25, -0.2) is 0 Å². The third-order valence-corrected chi connectivity index (χ3v) is 5.41. The van der Waals surface area contributed by atoms with Gasteiger partial charge in [-0.15, -0.1) is 0 Å². The second-order valence-electron chi connectivity index (χ2n) is 6.99. The summed E-state index contributed by atoms with van der Waals surface area (Å²) in [6.07, 6.45) is 4.85. The first-order chi connectivity index (χ1) is 12.1. The highest BCUT2D eigenvalue weighted by Gasteiger charge is 2.28. The number of aryl methyl sites for hydroxylation is 1. The van der Waals surface area contributed by atoms with E-state index in [4.69, 9.17) is 4.42 Å². The highest BCUT2D eigenvalue weighted by Crippen LogP contribution is 2.28. The lowest BCUT2D eigenvalue weighted by molar-refractivity contribution is 0.0623. The van der Waals surface area contributed by atoms with Gasteiger partial charge in [-0.05, 0) is 55.7 Å². The SMILES string of the molecule is CCc1ccc(-c2ccc(C(=O)N(C)C3CCC(CO)CC3)o2)cc1. The predicted molar refractivity (Wildman–Crippen MR) is 98.4 cm³/mol. The largest absolute Gasteiger partial charge is 0.451 e. The van der Waals surface area contributed by atoms with E-state index >= 15 is 0 Å². The van der Waals surface area contributed by atoms with E-state index in [0.29, 0.717) is 11.7 Å². The first kappa shape index (κ1) is 17.7. The number of carbonyl (C=O) groups is 1. The van der Waals surface area contributed by atoms with Gasteiger partial charge >= 0.3 is 0 Å². The normalized spacial score (nSPS) is 20.4. The maximum Gasteiger partial charge on any atom is 0.289 e. The lowest BCUT2D eigenvalue weighted by atomic mass is 9.86. The molecule has 0 atom stereocenters. The number of nitrogens with zero attached hydrogens (tertiary/aromatic N) is 1. The number of benzene rings is 1. The Morgan fingerprint density at radius 1 is 1.12 bits per heavy atom. The summed E-state index contributed by atoms with van der Waals surface area (Å²) < 4.78 is 5.83. The molecule has 1 aliphatic carbocycles. The van der Waals surface area contributed by atoms with Crippen molar-refractivity contribution in [1.29, 1.82) is 0 Å². The van der Waals surface area contributed by atoms with E-state index in [-0.39, 0.29) is 18.6 Å². The summed E-state index contributed by atoms with van der Waals surface area (Å²) in [7, 11) is 1.85. The van der Waals surface area contributed by atoms with Crippen molar-refractivity contribution in [2.75, 3.05) is 13.7 Å². The van der Waals surface area contributed by atoms with Crippen LogP contribution in [0, 0.1) is 5.92 Å². The summed E-state index contributed by atoms with van der Waals surface area (Å²) in [5.41, 5.74) is 2.27. The van der Waals surface area contributed by atoms with E-state index in [9.17, 15) is 9.90 Å². The molecule has 0 radical (unpaired) electrons. The molecule has 1 aliphatic rings. The first-order valence-electron chi connectivity index (χ1n) is 9.19. The van der Waals surface area contributed by atoms with Crippen LogP contribution < -0.4 is 0 Å². The van der Waals surface area contributed by atoms with Gasteiger partial charge in [0.1, 0.15) is 5.76 Å². The zero-order chi connectivity index (χ0) is 17.8. The van der Waals surface area contributed by atoms with Crippen molar-refractivity contribution in [3.8, 4) is 11.3 Å². The highest BCUT2D eigenvalue weighted by molar-refractivity contribution is 5.92. The fourth-order valence-electron chi connectivity index (χ4n) is 3.57. The van der Waals surface area contributed by atoms with E-state index in [1.807, 2.05) is 25.2 Å². The van der Waals surface area contributed by atoms with Crippen LogP contribution in [0.5, 0.6) is 0 Å². The van der Waals surface area contributed by atoms with Crippen LogP contribution in [-0.4, -0.2) is 35.6 Å². The summed E-state index contributed by atoms with van der Waals surface area (Å²) in [5, 5.41) is 9.25. The summed E-state index contributed by atoms with van der Waals surface area (Å²) in [5.74, 6) is 1.44. The van der Waals surface area contributed by atoms with Crippen molar-refractivity contribution in [3.63, 3.8) is 0 Å². The number of aliphatic hydroxyl groups excluding tert-OH is 1. The Balaban J connectivity index is 1.67. The number of carbonyl (C=O) groups excluding carboxylic acids is 1. The van der Waals surface area contributed by atoms with Gasteiger partial charge in [0.25, 0.3) is 5.91 Å². The smallest absolute Gasteiger partial charge is 0.289 e. The average Bonchev–Trinajstić information content (AvgIpc) is 3.17. The molecule has 0 saturated heterocycles. The minimum atomic E-state index is -0.0659. The zero-order valence-corrected chi connectivity index (χ0v) is 15.1. The Kier molecular flexibility index (Phi) is 5.59. The van der Waals surface area contributed by atoms with Gasteiger partial charge in [-0.1, -0.05) is 31.2 Å². The van der Waals surface area contributed by atoms with E-state index in [0.717, 1.165) is 43.4 Å². The summed E-state index contributed by atoms with van der Waals surface area (Å²) in [6, 6.07) is 12.1. The van der Waals surface area contributed by atoms with Crippen molar-refractivity contribution in [3.05, 3.63) is 47.7 Å². The summed E-state index contributed by atoms with van der Waals surface area (Å²) >= 11 is 0. The van der Waals surface area contributed by atoms with Crippen LogP contribution in [0.2, 0.25) is 0 Å². The average molecular weight is 341 g/mol. The minimum absolute atomic E-state index is 0.0659. The van der Waals surface area contributed by atoms with Crippen molar-refractivity contribution in [2.24, 2.45) is 5.92 Å². The second-order valence-corrected chi connectivity index (χ2v) is 6.99. The summed E-state index contributed by atoms with van der Waals surface area (Å²) in [6.45, 7) is 2.38. The highest BCUT2D eigenvalue weighted by atomic mass is 16.4. The number of furan rings is 1. The van der Waals surface area contributed by atoms with Crippen LogP contribution in [0.3, 0.4) is 0 Å². The molecule has 1 N–H and O–H groups in total. The molecule has 0 unspecified atom stereocenters. The first-order valence-corrected chi connectivity index (χ1v) is 9.19. The number of amides is 1. The van der Waals surface area contributed by atoms with Crippen molar-refractivity contribution < 1.29 is 14.3 Å². The molecule has 1 aromatic carbocycles. The predicted octanol–water partition coefficient (Wildman–Crippen LogP) is 4.13. The van der Waals surface area contributed by atoms with Gasteiger partial charge in [-0.3, -0.25) is 4.79 Å². The van der Waals surface area contributed by atoms with Crippen LogP contribution in [0.25, 0.3) is 11.3 Å². The maximum absolute atomic E-state index is 12.7.